The monoisotopic (exact) mass is 254 g/mol. The summed E-state index contributed by atoms with van der Waals surface area (Å²) in [5.74, 6) is 2.08. The summed E-state index contributed by atoms with van der Waals surface area (Å²) in [7, 11) is 0. The summed E-state index contributed by atoms with van der Waals surface area (Å²) in [4.78, 5) is 0. The van der Waals surface area contributed by atoms with Gasteiger partial charge in [-0.3, -0.25) is 0 Å². The maximum Gasteiger partial charge on any atom is 0.119 e. The van der Waals surface area contributed by atoms with E-state index in [4.69, 9.17) is 4.74 Å². The molecule has 3 heteroatoms. The first kappa shape index (κ1) is 14.4. The Kier molecular flexibility index (Phi) is 7.13. The highest BCUT2D eigenvalue weighted by molar-refractivity contribution is 7.98. The van der Waals surface area contributed by atoms with Crippen molar-refractivity contribution < 1.29 is 9.84 Å². The minimum absolute atomic E-state index is 0.225. The summed E-state index contributed by atoms with van der Waals surface area (Å²) in [5, 5.41) is 9.21. The maximum atomic E-state index is 9.21. The van der Waals surface area contributed by atoms with Crippen LogP contribution in [0, 0.1) is 0 Å². The maximum absolute atomic E-state index is 9.21. The van der Waals surface area contributed by atoms with E-state index in [0.717, 1.165) is 37.4 Å². The molecule has 0 aliphatic carbocycles. The van der Waals surface area contributed by atoms with Crippen LogP contribution < -0.4 is 4.74 Å². The SMILES string of the molecule is CSCCCOc1ccc(CCC(C)O)cc1. The molecule has 1 unspecified atom stereocenters. The van der Waals surface area contributed by atoms with Crippen molar-refractivity contribution >= 4 is 11.8 Å². The number of aliphatic hydroxyl groups is 1. The summed E-state index contributed by atoms with van der Waals surface area (Å²) in [6.45, 7) is 2.61. The third kappa shape index (κ3) is 6.59. The third-order valence-electron chi connectivity index (χ3n) is 2.54. The summed E-state index contributed by atoms with van der Waals surface area (Å²) >= 11 is 1.84. The van der Waals surface area contributed by atoms with Gasteiger partial charge in [-0.15, -0.1) is 0 Å². The van der Waals surface area contributed by atoms with E-state index >= 15 is 0 Å². The van der Waals surface area contributed by atoms with Gasteiger partial charge < -0.3 is 9.84 Å². The average molecular weight is 254 g/mol. The molecule has 0 amide bonds. The molecule has 0 fully saturated rings. The first-order chi connectivity index (χ1) is 8.22. The van der Waals surface area contributed by atoms with Crippen LogP contribution in [0.15, 0.2) is 24.3 Å². The van der Waals surface area contributed by atoms with Crippen LogP contribution in [0.1, 0.15) is 25.3 Å². The van der Waals surface area contributed by atoms with E-state index < -0.39 is 0 Å². The molecule has 2 nitrogen and oxygen atoms in total. The normalized spacial score (nSPS) is 12.4. The zero-order valence-corrected chi connectivity index (χ0v) is 11.5. The summed E-state index contributed by atoms with van der Waals surface area (Å²) in [5.41, 5.74) is 1.25. The number of hydrogen-bond acceptors (Lipinski definition) is 3. The van der Waals surface area contributed by atoms with Crippen LogP contribution in [-0.2, 0) is 6.42 Å². The van der Waals surface area contributed by atoms with E-state index in [1.54, 1.807) is 0 Å². The van der Waals surface area contributed by atoms with E-state index in [9.17, 15) is 5.11 Å². The lowest BCUT2D eigenvalue weighted by Crippen LogP contribution is -2.01. The zero-order chi connectivity index (χ0) is 12.5. The first-order valence-electron chi connectivity index (χ1n) is 6.11. The number of ether oxygens (including phenoxy) is 1. The van der Waals surface area contributed by atoms with Gasteiger partial charge in [-0.05, 0) is 55.9 Å². The predicted molar refractivity (Wildman–Crippen MR) is 74.9 cm³/mol. The highest BCUT2D eigenvalue weighted by atomic mass is 32.2. The summed E-state index contributed by atoms with van der Waals surface area (Å²) < 4.78 is 5.63. The number of aryl methyl sites for hydroxylation is 1. The van der Waals surface area contributed by atoms with Gasteiger partial charge in [0, 0.05) is 0 Å². The number of aliphatic hydroxyl groups excluding tert-OH is 1. The highest BCUT2D eigenvalue weighted by Crippen LogP contribution is 2.14. The van der Waals surface area contributed by atoms with Gasteiger partial charge in [-0.2, -0.15) is 11.8 Å². The van der Waals surface area contributed by atoms with Gasteiger partial charge in [0.2, 0.25) is 0 Å². The Morgan fingerprint density at radius 3 is 2.59 bits per heavy atom. The molecular formula is C14H22O2S. The Bertz CT molecular complexity index is 296. The number of thioether (sulfide) groups is 1. The van der Waals surface area contributed by atoms with Gasteiger partial charge in [-0.1, -0.05) is 12.1 Å². The second kappa shape index (κ2) is 8.43. The molecule has 0 saturated carbocycles. The lowest BCUT2D eigenvalue weighted by Gasteiger charge is -2.07. The minimum Gasteiger partial charge on any atom is -0.494 e. The molecule has 0 radical (unpaired) electrons. The van der Waals surface area contributed by atoms with Gasteiger partial charge in [0.1, 0.15) is 5.75 Å². The molecule has 1 rings (SSSR count). The molecule has 0 aromatic heterocycles. The van der Waals surface area contributed by atoms with Crippen molar-refractivity contribution in [2.24, 2.45) is 0 Å². The second-order valence-corrected chi connectivity index (χ2v) is 5.21. The lowest BCUT2D eigenvalue weighted by molar-refractivity contribution is 0.185. The van der Waals surface area contributed by atoms with Gasteiger partial charge >= 0.3 is 0 Å². The Morgan fingerprint density at radius 2 is 2.00 bits per heavy atom. The van der Waals surface area contributed by atoms with Crippen molar-refractivity contribution in [3.63, 3.8) is 0 Å². The van der Waals surface area contributed by atoms with Crippen LogP contribution >= 0.6 is 11.8 Å². The molecule has 0 spiro atoms. The van der Waals surface area contributed by atoms with Crippen LogP contribution in [-0.4, -0.2) is 29.8 Å². The van der Waals surface area contributed by atoms with Crippen LogP contribution in [0.25, 0.3) is 0 Å². The van der Waals surface area contributed by atoms with Crippen LogP contribution in [0.2, 0.25) is 0 Å². The number of benzene rings is 1. The lowest BCUT2D eigenvalue weighted by atomic mass is 10.1. The topological polar surface area (TPSA) is 29.5 Å². The fourth-order valence-corrected chi connectivity index (χ4v) is 1.93. The van der Waals surface area contributed by atoms with E-state index in [2.05, 4.69) is 18.4 Å². The van der Waals surface area contributed by atoms with Crippen molar-refractivity contribution in [3.8, 4) is 5.75 Å². The van der Waals surface area contributed by atoms with Gasteiger partial charge in [-0.25, -0.2) is 0 Å². The van der Waals surface area contributed by atoms with E-state index in [1.165, 1.54) is 5.56 Å². The average Bonchev–Trinajstić information content (AvgIpc) is 2.33. The molecule has 1 aromatic carbocycles. The number of hydrogen-bond donors (Lipinski definition) is 1. The largest absolute Gasteiger partial charge is 0.494 e. The van der Waals surface area contributed by atoms with E-state index in [0.29, 0.717) is 0 Å². The predicted octanol–water partition coefficient (Wildman–Crippen LogP) is 3.13. The van der Waals surface area contributed by atoms with Crippen LogP contribution in [0.5, 0.6) is 5.75 Å². The molecule has 0 saturated heterocycles. The highest BCUT2D eigenvalue weighted by Gasteiger charge is 1.99. The molecule has 0 heterocycles. The fourth-order valence-electron chi connectivity index (χ4n) is 1.52. The zero-order valence-electron chi connectivity index (χ0n) is 10.7. The molecule has 96 valence electrons. The quantitative estimate of drug-likeness (QED) is 0.723. The summed E-state index contributed by atoms with van der Waals surface area (Å²) in [6.07, 6.45) is 4.71. The molecular weight excluding hydrogens is 232 g/mol. The Balaban J connectivity index is 2.29. The van der Waals surface area contributed by atoms with E-state index in [-0.39, 0.29) is 6.10 Å². The van der Waals surface area contributed by atoms with Gasteiger partial charge in [0.15, 0.2) is 0 Å². The number of rotatable bonds is 8. The Hall–Kier alpha value is -0.670. The van der Waals surface area contributed by atoms with Gasteiger partial charge in [0.25, 0.3) is 0 Å². The van der Waals surface area contributed by atoms with Crippen LogP contribution in [0.3, 0.4) is 0 Å². The van der Waals surface area contributed by atoms with Crippen molar-refractivity contribution in [2.75, 3.05) is 18.6 Å². The first-order valence-corrected chi connectivity index (χ1v) is 7.50. The Labute approximate surface area is 108 Å². The second-order valence-electron chi connectivity index (χ2n) is 4.23. The molecule has 1 aromatic rings. The van der Waals surface area contributed by atoms with Crippen molar-refractivity contribution in [3.05, 3.63) is 29.8 Å². The van der Waals surface area contributed by atoms with Crippen molar-refractivity contribution in [2.45, 2.75) is 32.3 Å². The van der Waals surface area contributed by atoms with Gasteiger partial charge in [0.05, 0.1) is 12.7 Å². The van der Waals surface area contributed by atoms with Crippen molar-refractivity contribution in [1.82, 2.24) is 0 Å². The smallest absolute Gasteiger partial charge is 0.119 e. The van der Waals surface area contributed by atoms with Crippen molar-refractivity contribution in [1.29, 1.82) is 0 Å². The molecule has 17 heavy (non-hydrogen) atoms. The van der Waals surface area contributed by atoms with Crippen LogP contribution in [0.4, 0.5) is 0 Å². The third-order valence-corrected chi connectivity index (χ3v) is 3.23. The Morgan fingerprint density at radius 1 is 1.29 bits per heavy atom. The molecule has 1 N–H and O–H groups in total. The molecule has 0 aliphatic heterocycles. The van der Waals surface area contributed by atoms with E-state index in [1.807, 2.05) is 30.8 Å². The summed E-state index contributed by atoms with van der Waals surface area (Å²) in [6, 6.07) is 8.17. The minimum atomic E-state index is -0.225. The molecule has 0 aliphatic rings. The standard InChI is InChI=1S/C14H22O2S/c1-12(15)4-5-13-6-8-14(9-7-13)16-10-3-11-17-2/h6-9,12,15H,3-5,10-11H2,1-2H3. The molecule has 0 bridgehead atoms. The fraction of sp³-hybridized carbons (Fsp3) is 0.571. The molecule has 1 atom stereocenters.